The molecule has 1 aliphatic heterocycles. The lowest BCUT2D eigenvalue weighted by molar-refractivity contribution is -0.139. The molecular formula is C15H17ClN2O3. The third-order valence-electron chi connectivity index (χ3n) is 3.19. The number of carbonyl (C=O) groups is 2. The zero-order valence-electron chi connectivity index (χ0n) is 11.9. The van der Waals surface area contributed by atoms with Crippen LogP contribution >= 0.6 is 11.6 Å². The Bertz CT molecular complexity index is 581. The molecule has 2 rings (SSSR count). The van der Waals surface area contributed by atoms with Crippen LogP contribution in [0.2, 0.25) is 0 Å². The summed E-state index contributed by atoms with van der Waals surface area (Å²) in [5, 5.41) is 5.30. The van der Waals surface area contributed by atoms with Crippen molar-refractivity contribution in [1.82, 2.24) is 10.6 Å². The molecule has 0 fully saturated rings. The van der Waals surface area contributed by atoms with Crippen molar-refractivity contribution in [2.24, 2.45) is 0 Å². The van der Waals surface area contributed by atoms with Gasteiger partial charge in [-0.05, 0) is 19.4 Å². The van der Waals surface area contributed by atoms with Crippen molar-refractivity contribution < 1.29 is 14.3 Å². The molecule has 112 valence electrons. The SMILES string of the molecule is CCOC(=O)C1=C(CCl)NC(=O)NC1c1ccc(C)cc1. The second-order valence-electron chi connectivity index (χ2n) is 4.69. The number of esters is 1. The minimum Gasteiger partial charge on any atom is -0.463 e. The molecule has 0 radical (unpaired) electrons. The molecule has 2 amide bonds. The summed E-state index contributed by atoms with van der Waals surface area (Å²) in [6.45, 7) is 3.96. The van der Waals surface area contributed by atoms with Crippen molar-refractivity contribution in [2.45, 2.75) is 19.9 Å². The molecule has 1 unspecified atom stereocenters. The fourth-order valence-corrected chi connectivity index (χ4v) is 2.39. The molecule has 1 aromatic carbocycles. The molecule has 5 nitrogen and oxygen atoms in total. The van der Waals surface area contributed by atoms with Gasteiger partial charge in [0.2, 0.25) is 0 Å². The topological polar surface area (TPSA) is 67.4 Å². The Morgan fingerprint density at radius 3 is 2.57 bits per heavy atom. The van der Waals surface area contributed by atoms with Gasteiger partial charge >= 0.3 is 12.0 Å². The number of carbonyl (C=O) groups excluding carboxylic acids is 2. The van der Waals surface area contributed by atoms with Gasteiger partial charge in [0.25, 0.3) is 0 Å². The van der Waals surface area contributed by atoms with Gasteiger partial charge in [0, 0.05) is 5.70 Å². The Labute approximate surface area is 128 Å². The van der Waals surface area contributed by atoms with E-state index in [-0.39, 0.29) is 18.5 Å². The van der Waals surface area contributed by atoms with Crippen molar-refractivity contribution in [2.75, 3.05) is 12.5 Å². The van der Waals surface area contributed by atoms with Crippen LogP contribution < -0.4 is 10.6 Å². The highest BCUT2D eigenvalue weighted by Gasteiger charge is 2.33. The maximum Gasteiger partial charge on any atom is 0.338 e. The number of rotatable bonds is 4. The molecular weight excluding hydrogens is 292 g/mol. The van der Waals surface area contributed by atoms with E-state index in [2.05, 4.69) is 10.6 Å². The van der Waals surface area contributed by atoms with Crippen molar-refractivity contribution in [3.63, 3.8) is 0 Å². The van der Waals surface area contributed by atoms with Crippen LogP contribution in [-0.2, 0) is 9.53 Å². The molecule has 1 aliphatic rings. The summed E-state index contributed by atoms with van der Waals surface area (Å²) in [6, 6.07) is 6.64. The zero-order chi connectivity index (χ0) is 15.4. The van der Waals surface area contributed by atoms with Crippen molar-refractivity contribution in [3.8, 4) is 0 Å². The van der Waals surface area contributed by atoms with Crippen LogP contribution in [0.5, 0.6) is 0 Å². The van der Waals surface area contributed by atoms with Gasteiger partial charge < -0.3 is 15.4 Å². The fourth-order valence-electron chi connectivity index (χ4n) is 2.18. The van der Waals surface area contributed by atoms with E-state index in [1.165, 1.54) is 0 Å². The largest absolute Gasteiger partial charge is 0.463 e. The van der Waals surface area contributed by atoms with E-state index in [1.54, 1.807) is 6.92 Å². The van der Waals surface area contributed by atoms with E-state index in [9.17, 15) is 9.59 Å². The summed E-state index contributed by atoms with van der Waals surface area (Å²) in [4.78, 5) is 23.9. The summed E-state index contributed by atoms with van der Waals surface area (Å²) in [5.41, 5.74) is 2.62. The first-order valence-corrected chi connectivity index (χ1v) is 7.20. The van der Waals surface area contributed by atoms with Gasteiger partial charge in [-0.25, -0.2) is 9.59 Å². The number of ether oxygens (including phenoxy) is 1. The summed E-state index contributed by atoms with van der Waals surface area (Å²) in [7, 11) is 0. The van der Waals surface area contributed by atoms with Crippen LogP contribution in [0.15, 0.2) is 35.5 Å². The molecule has 6 heteroatoms. The zero-order valence-corrected chi connectivity index (χ0v) is 12.7. The van der Waals surface area contributed by atoms with Crippen LogP contribution in [0.1, 0.15) is 24.1 Å². The normalized spacial score (nSPS) is 18.0. The van der Waals surface area contributed by atoms with Crippen LogP contribution in [0.4, 0.5) is 4.79 Å². The second-order valence-corrected chi connectivity index (χ2v) is 4.96. The number of nitrogens with one attached hydrogen (secondary N) is 2. The van der Waals surface area contributed by atoms with E-state index in [0.717, 1.165) is 11.1 Å². The summed E-state index contributed by atoms with van der Waals surface area (Å²) < 4.78 is 5.08. The molecule has 0 aromatic heterocycles. The van der Waals surface area contributed by atoms with Crippen molar-refractivity contribution >= 4 is 23.6 Å². The van der Waals surface area contributed by atoms with Gasteiger partial charge in [-0.2, -0.15) is 0 Å². The Morgan fingerprint density at radius 2 is 2.00 bits per heavy atom. The van der Waals surface area contributed by atoms with E-state index in [1.807, 2.05) is 31.2 Å². The first-order valence-electron chi connectivity index (χ1n) is 6.67. The maximum atomic E-state index is 12.2. The lowest BCUT2D eigenvalue weighted by Gasteiger charge is -2.28. The van der Waals surface area contributed by atoms with Crippen LogP contribution in [0.25, 0.3) is 0 Å². The third-order valence-corrected chi connectivity index (χ3v) is 3.46. The number of alkyl halides is 1. The second kappa shape index (κ2) is 6.63. The van der Waals surface area contributed by atoms with Gasteiger partial charge in [0.1, 0.15) is 0 Å². The van der Waals surface area contributed by atoms with Gasteiger partial charge in [-0.1, -0.05) is 29.8 Å². The minimum atomic E-state index is -0.563. The number of amides is 2. The molecule has 21 heavy (non-hydrogen) atoms. The average molecular weight is 309 g/mol. The maximum absolute atomic E-state index is 12.2. The standard InChI is InChI=1S/C15H17ClN2O3/c1-3-21-14(19)12-11(8-16)17-15(20)18-13(12)10-6-4-9(2)5-7-10/h4-7,13H,3,8H2,1-2H3,(H2,17,18,20). The van der Waals surface area contributed by atoms with Crippen LogP contribution in [0, 0.1) is 6.92 Å². The molecule has 0 spiro atoms. The van der Waals surface area contributed by atoms with E-state index in [0.29, 0.717) is 11.3 Å². The molecule has 0 saturated carbocycles. The Balaban J connectivity index is 2.46. The van der Waals surface area contributed by atoms with Crippen molar-refractivity contribution in [3.05, 3.63) is 46.7 Å². The highest BCUT2D eigenvalue weighted by Crippen LogP contribution is 2.28. The van der Waals surface area contributed by atoms with Crippen LogP contribution in [-0.4, -0.2) is 24.5 Å². The molecule has 0 saturated heterocycles. The summed E-state index contributed by atoms with van der Waals surface area (Å²) >= 11 is 5.85. The first kappa shape index (κ1) is 15.4. The minimum absolute atomic E-state index is 0.0317. The Kier molecular flexibility index (Phi) is 4.85. The molecule has 1 heterocycles. The Hall–Kier alpha value is -2.01. The number of hydrogen-bond donors (Lipinski definition) is 2. The monoisotopic (exact) mass is 308 g/mol. The third kappa shape index (κ3) is 3.36. The number of urea groups is 1. The number of hydrogen-bond acceptors (Lipinski definition) is 3. The van der Waals surface area contributed by atoms with Gasteiger partial charge in [-0.3, -0.25) is 0 Å². The number of allylic oxidation sites excluding steroid dienone is 1. The molecule has 2 N–H and O–H groups in total. The van der Waals surface area contributed by atoms with E-state index < -0.39 is 12.0 Å². The van der Waals surface area contributed by atoms with E-state index >= 15 is 0 Å². The van der Waals surface area contributed by atoms with Crippen molar-refractivity contribution in [1.29, 1.82) is 0 Å². The van der Waals surface area contributed by atoms with Gasteiger partial charge in [-0.15, -0.1) is 11.6 Å². The highest BCUT2D eigenvalue weighted by molar-refractivity contribution is 6.20. The number of aryl methyl sites for hydroxylation is 1. The quantitative estimate of drug-likeness (QED) is 0.663. The van der Waals surface area contributed by atoms with Gasteiger partial charge in [0.15, 0.2) is 0 Å². The molecule has 0 aliphatic carbocycles. The number of benzene rings is 1. The summed E-state index contributed by atoms with van der Waals surface area (Å²) in [6.07, 6.45) is 0. The molecule has 0 bridgehead atoms. The van der Waals surface area contributed by atoms with E-state index in [4.69, 9.17) is 16.3 Å². The average Bonchev–Trinajstić information content (AvgIpc) is 2.47. The smallest absolute Gasteiger partial charge is 0.338 e. The number of halogens is 1. The summed E-state index contributed by atoms with van der Waals surface area (Å²) in [5.74, 6) is -0.449. The fraction of sp³-hybridized carbons (Fsp3) is 0.333. The molecule has 1 aromatic rings. The molecule has 1 atom stereocenters. The predicted molar refractivity (Wildman–Crippen MR) is 80.0 cm³/mol. The lowest BCUT2D eigenvalue weighted by Crippen LogP contribution is -2.46. The predicted octanol–water partition coefficient (Wildman–Crippen LogP) is 2.40. The first-order chi connectivity index (χ1) is 10.1. The Morgan fingerprint density at radius 1 is 1.33 bits per heavy atom. The lowest BCUT2D eigenvalue weighted by atomic mass is 9.95. The highest BCUT2D eigenvalue weighted by atomic mass is 35.5. The van der Waals surface area contributed by atoms with Gasteiger partial charge in [0.05, 0.1) is 24.1 Å². The van der Waals surface area contributed by atoms with Crippen LogP contribution in [0.3, 0.4) is 0 Å².